The normalized spacial score (nSPS) is 12.6. The van der Waals surface area contributed by atoms with Crippen LogP contribution in [0.4, 0.5) is 0 Å². The van der Waals surface area contributed by atoms with Gasteiger partial charge in [0.25, 0.3) is 0 Å². The Morgan fingerprint density at radius 3 is 2.69 bits per heavy atom. The van der Waals surface area contributed by atoms with Crippen LogP contribution in [0.1, 0.15) is 25.8 Å². The second kappa shape index (κ2) is 6.83. The predicted octanol–water partition coefficient (Wildman–Crippen LogP) is 3.13. The van der Waals surface area contributed by atoms with Crippen LogP contribution >= 0.6 is 0 Å². The van der Waals surface area contributed by atoms with Crippen LogP contribution in [-0.4, -0.2) is 12.1 Å². The lowest BCUT2D eigenvalue weighted by atomic mass is 10.1. The zero-order chi connectivity index (χ0) is 11.8. The summed E-state index contributed by atoms with van der Waals surface area (Å²) in [6, 6.07) is 10.2. The molecular weight excluding hydrogens is 200 g/mol. The van der Waals surface area contributed by atoms with E-state index in [4.69, 9.17) is 4.74 Å². The van der Waals surface area contributed by atoms with Crippen LogP contribution in [0.2, 0.25) is 0 Å². The molecule has 0 aliphatic heterocycles. The number of allylic oxidation sites excluding steroid dienone is 1. The van der Waals surface area contributed by atoms with Crippen LogP contribution in [-0.2, 0) is 16.0 Å². The molecule has 1 aromatic carbocycles. The fourth-order valence-corrected chi connectivity index (χ4v) is 1.45. The van der Waals surface area contributed by atoms with Crippen molar-refractivity contribution in [3.05, 3.63) is 48.0 Å². The van der Waals surface area contributed by atoms with Crippen LogP contribution in [0.5, 0.6) is 0 Å². The number of esters is 1. The van der Waals surface area contributed by atoms with Gasteiger partial charge in [-0.2, -0.15) is 0 Å². The van der Waals surface area contributed by atoms with Crippen molar-refractivity contribution in [2.75, 3.05) is 0 Å². The molecule has 2 heteroatoms. The van der Waals surface area contributed by atoms with Gasteiger partial charge in [-0.25, -0.2) is 4.79 Å². The van der Waals surface area contributed by atoms with E-state index in [0.717, 1.165) is 12.8 Å². The van der Waals surface area contributed by atoms with E-state index in [0.29, 0.717) is 0 Å². The third-order valence-electron chi connectivity index (χ3n) is 2.30. The molecule has 0 spiro atoms. The Hall–Kier alpha value is -1.57. The van der Waals surface area contributed by atoms with Crippen molar-refractivity contribution in [3.63, 3.8) is 0 Å². The van der Waals surface area contributed by atoms with Gasteiger partial charge in [0.15, 0.2) is 0 Å². The van der Waals surface area contributed by atoms with E-state index >= 15 is 0 Å². The van der Waals surface area contributed by atoms with Crippen molar-refractivity contribution < 1.29 is 9.53 Å². The smallest absolute Gasteiger partial charge is 0.330 e. The van der Waals surface area contributed by atoms with Crippen molar-refractivity contribution in [3.8, 4) is 0 Å². The SMILES string of the molecule is C/C=C/C(=O)O[C@H](C)CCc1ccccc1. The van der Waals surface area contributed by atoms with E-state index in [1.807, 2.05) is 25.1 Å². The van der Waals surface area contributed by atoms with E-state index in [1.54, 1.807) is 13.0 Å². The van der Waals surface area contributed by atoms with Crippen LogP contribution in [0.3, 0.4) is 0 Å². The molecule has 0 fully saturated rings. The fraction of sp³-hybridized carbons (Fsp3) is 0.357. The number of carbonyl (C=O) groups is 1. The monoisotopic (exact) mass is 218 g/mol. The maximum absolute atomic E-state index is 11.2. The van der Waals surface area contributed by atoms with Crippen molar-refractivity contribution >= 4 is 5.97 Å². The highest BCUT2D eigenvalue weighted by atomic mass is 16.5. The second-order valence-corrected chi connectivity index (χ2v) is 3.77. The first-order chi connectivity index (χ1) is 7.72. The quantitative estimate of drug-likeness (QED) is 0.560. The summed E-state index contributed by atoms with van der Waals surface area (Å²) in [6.07, 6.45) is 4.88. The first-order valence-corrected chi connectivity index (χ1v) is 5.59. The van der Waals surface area contributed by atoms with Gasteiger partial charge in [-0.05, 0) is 32.3 Å². The van der Waals surface area contributed by atoms with E-state index in [2.05, 4.69) is 12.1 Å². The molecule has 0 amide bonds. The molecule has 0 unspecified atom stereocenters. The molecule has 0 radical (unpaired) electrons. The maximum atomic E-state index is 11.2. The van der Waals surface area contributed by atoms with Gasteiger partial charge in [-0.15, -0.1) is 0 Å². The molecule has 1 atom stereocenters. The Labute approximate surface area is 96.9 Å². The molecule has 0 saturated heterocycles. The molecule has 0 aromatic heterocycles. The molecule has 0 aliphatic carbocycles. The highest BCUT2D eigenvalue weighted by Crippen LogP contribution is 2.07. The van der Waals surface area contributed by atoms with E-state index in [-0.39, 0.29) is 12.1 Å². The Balaban J connectivity index is 2.30. The molecule has 0 saturated carbocycles. The number of ether oxygens (including phenoxy) is 1. The van der Waals surface area contributed by atoms with Gasteiger partial charge in [0.2, 0.25) is 0 Å². The van der Waals surface area contributed by atoms with E-state index in [9.17, 15) is 4.79 Å². The van der Waals surface area contributed by atoms with Crippen molar-refractivity contribution in [2.24, 2.45) is 0 Å². The van der Waals surface area contributed by atoms with Gasteiger partial charge in [0.05, 0.1) is 6.10 Å². The fourth-order valence-electron chi connectivity index (χ4n) is 1.45. The molecule has 16 heavy (non-hydrogen) atoms. The van der Waals surface area contributed by atoms with Gasteiger partial charge in [-0.1, -0.05) is 36.4 Å². The number of carbonyl (C=O) groups excluding carboxylic acids is 1. The summed E-state index contributed by atoms with van der Waals surface area (Å²) in [6.45, 7) is 3.72. The zero-order valence-electron chi connectivity index (χ0n) is 9.85. The topological polar surface area (TPSA) is 26.3 Å². The summed E-state index contributed by atoms with van der Waals surface area (Å²) < 4.78 is 5.19. The standard InChI is InChI=1S/C14H18O2/c1-3-7-14(15)16-12(2)10-11-13-8-5-4-6-9-13/h3-9,12H,10-11H2,1-2H3/b7-3+/t12-/m1/s1. The predicted molar refractivity (Wildman–Crippen MR) is 65.1 cm³/mol. The van der Waals surface area contributed by atoms with Crippen LogP contribution in [0.15, 0.2) is 42.5 Å². The van der Waals surface area contributed by atoms with Crippen molar-refractivity contribution in [1.29, 1.82) is 0 Å². The molecule has 1 aromatic rings. The third-order valence-corrected chi connectivity index (χ3v) is 2.30. The van der Waals surface area contributed by atoms with Gasteiger partial charge in [-0.3, -0.25) is 0 Å². The minimum absolute atomic E-state index is 0.0380. The zero-order valence-corrected chi connectivity index (χ0v) is 9.85. The van der Waals surface area contributed by atoms with Gasteiger partial charge >= 0.3 is 5.97 Å². The molecule has 2 nitrogen and oxygen atoms in total. The average Bonchev–Trinajstić information content (AvgIpc) is 2.28. The average molecular weight is 218 g/mol. The largest absolute Gasteiger partial charge is 0.460 e. The Morgan fingerprint density at radius 1 is 1.38 bits per heavy atom. The van der Waals surface area contributed by atoms with Gasteiger partial charge in [0.1, 0.15) is 0 Å². The maximum Gasteiger partial charge on any atom is 0.330 e. The lowest BCUT2D eigenvalue weighted by Crippen LogP contribution is -2.13. The Kier molecular flexibility index (Phi) is 5.34. The lowest BCUT2D eigenvalue weighted by molar-refractivity contribution is -0.142. The van der Waals surface area contributed by atoms with Gasteiger partial charge < -0.3 is 4.74 Å². The van der Waals surface area contributed by atoms with E-state index in [1.165, 1.54) is 11.6 Å². The van der Waals surface area contributed by atoms with Crippen LogP contribution in [0.25, 0.3) is 0 Å². The van der Waals surface area contributed by atoms with E-state index < -0.39 is 0 Å². The molecule has 0 heterocycles. The second-order valence-electron chi connectivity index (χ2n) is 3.77. The van der Waals surface area contributed by atoms with Crippen molar-refractivity contribution in [2.45, 2.75) is 32.8 Å². The first-order valence-electron chi connectivity index (χ1n) is 5.59. The number of hydrogen-bond donors (Lipinski definition) is 0. The highest BCUT2D eigenvalue weighted by molar-refractivity contribution is 5.81. The minimum Gasteiger partial charge on any atom is -0.460 e. The summed E-state index contributed by atoms with van der Waals surface area (Å²) in [4.78, 5) is 11.2. The molecule has 1 rings (SSSR count). The summed E-state index contributed by atoms with van der Waals surface area (Å²) >= 11 is 0. The number of benzene rings is 1. The van der Waals surface area contributed by atoms with Crippen LogP contribution < -0.4 is 0 Å². The molecular formula is C14H18O2. The summed E-state index contributed by atoms with van der Waals surface area (Å²) in [5, 5.41) is 0. The first kappa shape index (κ1) is 12.5. The summed E-state index contributed by atoms with van der Waals surface area (Å²) in [7, 11) is 0. The number of hydrogen-bond acceptors (Lipinski definition) is 2. The summed E-state index contributed by atoms with van der Waals surface area (Å²) in [5.41, 5.74) is 1.27. The van der Waals surface area contributed by atoms with Crippen molar-refractivity contribution in [1.82, 2.24) is 0 Å². The molecule has 0 bridgehead atoms. The third kappa shape index (κ3) is 4.78. The lowest BCUT2D eigenvalue weighted by Gasteiger charge is -2.11. The van der Waals surface area contributed by atoms with Gasteiger partial charge in [0, 0.05) is 6.08 Å². The van der Waals surface area contributed by atoms with Crippen LogP contribution in [0, 0.1) is 0 Å². The molecule has 0 N–H and O–H groups in total. The highest BCUT2D eigenvalue weighted by Gasteiger charge is 2.06. The molecule has 86 valence electrons. The Bertz CT molecular complexity index is 341. The number of aryl methyl sites for hydroxylation is 1. The summed E-state index contributed by atoms with van der Waals surface area (Å²) in [5.74, 6) is -0.261. The minimum atomic E-state index is -0.261. The Morgan fingerprint density at radius 2 is 2.06 bits per heavy atom. The number of rotatable bonds is 5. The molecule has 0 aliphatic rings.